The van der Waals surface area contributed by atoms with Gasteiger partial charge in [0.05, 0.1) is 30.7 Å². The molecule has 2 aromatic carbocycles. The van der Waals surface area contributed by atoms with E-state index in [0.717, 1.165) is 17.3 Å². The van der Waals surface area contributed by atoms with Crippen LogP contribution in [-0.4, -0.2) is 51.6 Å². The van der Waals surface area contributed by atoms with Gasteiger partial charge < -0.3 is 25.6 Å². The summed E-state index contributed by atoms with van der Waals surface area (Å²) in [7, 11) is 0. The molecule has 2 amide bonds. The number of carbonyl (C=O) groups is 2. The Morgan fingerprint density at radius 3 is 2.59 bits per heavy atom. The summed E-state index contributed by atoms with van der Waals surface area (Å²) < 4.78 is 12.7. The van der Waals surface area contributed by atoms with Gasteiger partial charge in [-0.15, -0.1) is 0 Å². The van der Waals surface area contributed by atoms with E-state index >= 15 is 0 Å². The monoisotopic (exact) mass is 598 g/mol. The topological polar surface area (TPSA) is 126 Å². The first kappa shape index (κ1) is 27.5. The highest BCUT2D eigenvalue weighted by molar-refractivity contribution is 9.10. The van der Waals surface area contributed by atoms with Gasteiger partial charge in [-0.3, -0.25) is 14.5 Å². The number of nitrogens with zero attached hydrogens (tertiary/aromatic N) is 2. The lowest BCUT2D eigenvalue weighted by molar-refractivity contribution is -0.132. The van der Waals surface area contributed by atoms with Crippen LogP contribution in [-0.2, 0) is 4.79 Å². The molecule has 3 atom stereocenters. The molecule has 0 unspecified atom stereocenters. The smallest absolute Gasteiger partial charge is 0.251 e. The molecule has 0 saturated heterocycles. The first-order valence-corrected chi connectivity index (χ1v) is 14.2. The van der Waals surface area contributed by atoms with Gasteiger partial charge in [-0.25, -0.2) is 4.99 Å². The molecule has 0 fully saturated rings. The van der Waals surface area contributed by atoms with Crippen LogP contribution in [0.1, 0.15) is 86.9 Å². The third-order valence-electron chi connectivity index (χ3n) is 8.25. The van der Waals surface area contributed by atoms with E-state index in [1.54, 1.807) is 36.9 Å². The van der Waals surface area contributed by atoms with Gasteiger partial charge in [-0.2, -0.15) is 0 Å². The van der Waals surface area contributed by atoms with Gasteiger partial charge in [0.15, 0.2) is 5.96 Å². The minimum absolute atomic E-state index is 0.0753. The van der Waals surface area contributed by atoms with Gasteiger partial charge in [0, 0.05) is 27.6 Å². The Labute approximate surface area is 236 Å². The normalized spacial score (nSPS) is 25.0. The van der Waals surface area contributed by atoms with Crippen molar-refractivity contribution < 1.29 is 24.2 Å². The number of fused-ring (bicyclic) bond motifs is 2. The highest BCUT2D eigenvalue weighted by atomic mass is 79.9. The maximum absolute atomic E-state index is 13.6. The van der Waals surface area contributed by atoms with Gasteiger partial charge in [0.1, 0.15) is 23.2 Å². The number of hydrogen-bond acceptors (Lipinski definition) is 7. The predicted octanol–water partition coefficient (Wildman–Crippen LogP) is 4.38. The van der Waals surface area contributed by atoms with Crippen molar-refractivity contribution in [1.29, 1.82) is 0 Å². The first-order valence-electron chi connectivity index (χ1n) is 13.4. The van der Waals surface area contributed by atoms with Crippen molar-refractivity contribution in [1.82, 2.24) is 10.2 Å². The molecule has 5 rings (SSSR count). The maximum atomic E-state index is 13.6. The number of amides is 2. The number of ether oxygens (including phenoxy) is 2. The Morgan fingerprint density at radius 1 is 1.18 bits per heavy atom. The molecule has 0 bridgehead atoms. The van der Waals surface area contributed by atoms with Gasteiger partial charge >= 0.3 is 0 Å². The number of benzene rings is 2. The lowest BCUT2D eigenvalue weighted by Gasteiger charge is -2.42. The summed E-state index contributed by atoms with van der Waals surface area (Å²) in [5.41, 5.74) is 6.78. The standard InChI is InChI=1S/C29H35BrN4O5/c1-5-29(6-2)15-23(35)34(27(31)33-29)20-11-12-38-21-9-7-16(13-18(20)21)26(37)32-24-19-14-17(30)8-10-22(19)39-28(3,4)25(24)36/h7-10,13-14,20,24-25,36H,5-6,11-12,15H2,1-4H3,(H2,31,33)(H,32,37)/t20-,24-,25+/m1/s1. The summed E-state index contributed by atoms with van der Waals surface area (Å²) in [4.78, 5) is 33.3. The molecule has 4 N–H and O–H groups in total. The minimum atomic E-state index is -0.990. The van der Waals surface area contributed by atoms with Gasteiger partial charge in [0.2, 0.25) is 5.91 Å². The number of guanidine groups is 1. The van der Waals surface area contributed by atoms with Crippen molar-refractivity contribution >= 4 is 33.7 Å². The molecule has 208 valence electrons. The van der Waals surface area contributed by atoms with E-state index in [9.17, 15) is 14.7 Å². The van der Waals surface area contributed by atoms with Crippen LogP contribution in [0.5, 0.6) is 11.5 Å². The maximum Gasteiger partial charge on any atom is 0.251 e. The van der Waals surface area contributed by atoms with E-state index in [1.165, 1.54) is 0 Å². The quantitative estimate of drug-likeness (QED) is 0.469. The molecule has 39 heavy (non-hydrogen) atoms. The zero-order chi connectivity index (χ0) is 28.1. The van der Waals surface area contributed by atoms with Crippen molar-refractivity contribution in [2.24, 2.45) is 10.7 Å². The molecule has 2 aromatic rings. The van der Waals surface area contributed by atoms with E-state index in [0.29, 0.717) is 47.6 Å². The Hall–Kier alpha value is -3.11. The largest absolute Gasteiger partial charge is 0.493 e. The summed E-state index contributed by atoms with van der Waals surface area (Å²) in [5, 5.41) is 14.1. The average molecular weight is 600 g/mol. The number of halogens is 1. The van der Waals surface area contributed by atoms with Crippen molar-refractivity contribution in [2.75, 3.05) is 6.61 Å². The van der Waals surface area contributed by atoms with E-state index in [-0.39, 0.29) is 17.8 Å². The Morgan fingerprint density at radius 2 is 1.90 bits per heavy atom. The number of nitrogens with one attached hydrogen (secondary N) is 1. The fraction of sp³-hybridized carbons (Fsp3) is 0.483. The number of aliphatic hydroxyl groups is 1. The lowest BCUT2D eigenvalue weighted by Crippen LogP contribution is -2.53. The molecule has 0 spiro atoms. The number of nitrogens with two attached hydrogens (primary N) is 1. The summed E-state index contributed by atoms with van der Waals surface area (Å²) in [6.45, 7) is 8.03. The fourth-order valence-electron chi connectivity index (χ4n) is 5.76. The van der Waals surface area contributed by atoms with Gasteiger partial charge in [-0.1, -0.05) is 29.8 Å². The summed E-state index contributed by atoms with van der Waals surface area (Å²) in [6.07, 6.45) is 1.29. The molecule has 0 radical (unpaired) electrons. The van der Waals surface area contributed by atoms with Crippen LogP contribution in [0.15, 0.2) is 45.9 Å². The number of hydrogen-bond donors (Lipinski definition) is 3. The van der Waals surface area contributed by atoms with Gasteiger partial charge in [0.25, 0.3) is 5.91 Å². The van der Waals surface area contributed by atoms with Crippen LogP contribution in [0.4, 0.5) is 0 Å². The van der Waals surface area contributed by atoms with E-state index < -0.39 is 29.3 Å². The molecule has 3 aliphatic rings. The number of rotatable bonds is 5. The second-order valence-corrected chi connectivity index (χ2v) is 11.9. The second-order valence-electron chi connectivity index (χ2n) is 11.0. The van der Waals surface area contributed by atoms with E-state index in [2.05, 4.69) is 21.2 Å². The number of carbonyl (C=O) groups excluding carboxylic acids is 2. The second kappa shape index (κ2) is 10.1. The van der Waals surface area contributed by atoms with Crippen LogP contribution in [0, 0.1) is 0 Å². The van der Waals surface area contributed by atoms with E-state index in [4.69, 9.17) is 20.2 Å². The third-order valence-corrected chi connectivity index (χ3v) is 8.74. The van der Waals surface area contributed by atoms with Crippen LogP contribution >= 0.6 is 15.9 Å². The Kier molecular flexibility index (Phi) is 7.13. The van der Waals surface area contributed by atoms with Crippen molar-refractivity contribution in [3.63, 3.8) is 0 Å². The molecule has 3 aliphatic heterocycles. The van der Waals surface area contributed by atoms with Crippen LogP contribution in [0.3, 0.4) is 0 Å². The lowest BCUT2D eigenvalue weighted by atomic mass is 9.86. The molecule has 0 aromatic heterocycles. The van der Waals surface area contributed by atoms with Crippen LogP contribution in [0.2, 0.25) is 0 Å². The van der Waals surface area contributed by atoms with Crippen LogP contribution < -0.4 is 20.5 Å². The van der Waals surface area contributed by atoms with E-state index in [1.807, 2.05) is 32.0 Å². The summed E-state index contributed by atoms with van der Waals surface area (Å²) in [5.74, 6) is 0.975. The highest BCUT2D eigenvalue weighted by Crippen LogP contribution is 2.42. The zero-order valence-corrected chi connectivity index (χ0v) is 24.2. The third kappa shape index (κ3) is 4.89. The summed E-state index contributed by atoms with van der Waals surface area (Å²) in [6, 6.07) is 9.60. The number of aliphatic imine (C=N–C) groups is 1. The zero-order valence-electron chi connectivity index (χ0n) is 22.7. The summed E-state index contributed by atoms with van der Waals surface area (Å²) >= 11 is 3.47. The SMILES string of the molecule is CCC1(CC)CC(=O)N([C@@H]2CCOc3ccc(C(=O)N[C@@H]4c5cc(Br)ccc5OC(C)(C)[C@H]4O)cc32)C(N)=N1. The Bertz CT molecular complexity index is 1340. The molecule has 3 heterocycles. The molecular formula is C29H35BrN4O5. The first-order chi connectivity index (χ1) is 18.5. The predicted molar refractivity (Wildman–Crippen MR) is 151 cm³/mol. The number of aliphatic hydroxyl groups excluding tert-OH is 1. The van der Waals surface area contributed by atoms with Crippen molar-refractivity contribution in [2.45, 2.75) is 82.7 Å². The Balaban J connectivity index is 1.46. The average Bonchev–Trinajstić information content (AvgIpc) is 2.91. The van der Waals surface area contributed by atoms with Crippen LogP contribution in [0.25, 0.3) is 0 Å². The molecule has 10 heteroatoms. The molecule has 9 nitrogen and oxygen atoms in total. The molecule has 0 aliphatic carbocycles. The van der Waals surface area contributed by atoms with Crippen molar-refractivity contribution in [3.8, 4) is 11.5 Å². The van der Waals surface area contributed by atoms with Crippen molar-refractivity contribution in [3.05, 3.63) is 57.6 Å². The molecule has 0 saturated carbocycles. The van der Waals surface area contributed by atoms with Gasteiger partial charge in [-0.05, 0) is 63.1 Å². The molecular weight excluding hydrogens is 564 g/mol. The minimum Gasteiger partial charge on any atom is -0.493 e. The highest BCUT2D eigenvalue weighted by Gasteiger charge is 2.44. The fourth-order valence-corrected chi connectivity index (χ4v) is 6.14.